The molecule has 0 heterocycles. The van der Waals surface area contributed by atoms with Gasteiger partial charge in [-0.15, -0.1) is 0 Å². The Morgan fingerprint density at radius 2 is 2.00 bits per heavy atom. The molecule has 84 valence electrons. The van der Waals surface area contributed by atoms with Crippen molar-refractivity contribution in [2.45, 2.75) is 58.3 Å². The fraction of sp³-hybridized carbons (Fsp3) is 0.786. The molecule has 1 saturated carbocycles. The summed E-state index contributed by atoms with van der Waals surface area (Å²) in [6.07, 6.45) is 12.1. The van der Waals surface area contributed by atoms with Crippen LogP contribution in [0.2, 0.25) is 0 Å². The molecule has 1 fully saturated rings. The van der Waals surface area contributed by atoms with Crippen LogP contribution in [-0.2, 0) is 4.79 Å². The summed E-state index contributed by atoms with van der Waals surface area (Å²) in [6.45, 7) is 2.12. The van der Waals surface area contributed by atoms with Crippen molar-refractivity contribution in [2.75, 3.05) is 0 Å². The highest BCUT2D eigenvalue weighted by molar-refractivity contribution is 5.97. The maximum absolute atomic E-state index is 12.2. The summed E-state index contributed by atoms with van der Waals surface area (Å²) < 4.78 is 0. The predicted molar refractivity (Wildman–Crippen MR) is 62.7 cm³/mol. The van der Waals surface area contributed by atoms with E-state index in [0.29, 0.717) is 17.6 Å². The van der Waals surface area contributed by atoms with E-state index in [1.54, 1.807) is 0 Å². The van der Waals surface area contributed by atoms with E-state index in [-0.39, 0.29) is 0 Å². The first-order valence-corrected chi connectivity index (χ1v) is 6.52. The number of allylic oxidation sites excluding steroid dienone is 2. The Balaban J connectivity index is 1.96. The molecule has 0 spiro atoms. The molecule has 1 nitrogen and oxygen atoms in total. The van der Waals surface area contributed by atoms with Gasteiger partial charge in [0.25, 0.3) is 0 Å². The fourth-order valence-corrected chi connectivity index (χ4v) is 2.52. The first kappa shape index (κ1) is 10.9. The molecular formula is C14H22O. The van der Waals surface area contributed by atoms with Crippen LogP contribution in [0, 0.1) is 11.8 Å². The van der Waals surface area contributed by atoms with Gasteiger partial charge in [-0.1, -0.05) is 25.8 Å². The number of hydrogen-bond acceptors (Lipinski definition) is 1. The first-order chi connectivity index (χ1) is 7.29. The van der Waals surface area contributed by atoms with Crippen LogP contribution in [0.3, 0.4) is 0 Å². The Morgan fingerprint density at radius 1 is 1.27 bits per heavy atom. The van der Waals surface area contributed by atoms with Gasteiger partial charge >= 0.3 is 0 Å². The lowest BCUT2D eigenvalue weighted by atomic mass is 9.89. The van der Waals surface area contributed by atoms with Crippen LogP contribution in [0.1, 0.15) is 58.3 Å². The molecule has 0 N–H and O–H groups in total. The zero-order valence-corrected chi connectivity index (χ0v) is 9.80. The third-order valence-corrected chi connectivity index (χ3v) is 3.85. The molecule has 1 heteroatoms. The number of Topliss-reactive ketones (excluding diaryl/α,β-unsaturated/α-hetero) is 1. The molecule has 1 atom stereocenters. The van der Waals surface area contributed by atoms with Crippen LogP contribution >= 0.6 is 0 Å². The van der Waals surface area contributed by atoms with Gasteiger partial charge < -0.3 is 0 Å². The summed E-state index contributed by atoms with van der Waals surface area (Å²) in [5, 5.41) is 0. The Labute approximate surface area is 92.9 Å². The van der Waals surface area contributed by atoms with Gasteiger partial charge in [0.1, 0.15) is 0 Å². The zero-order valence-electron chi connectivity index (χ0n) is 9.80. The summed E-state index contributed by atoms with van der Waals surface area (Å²) in [7, 11) is 0. The van der Waals surface area contributed by atoms with E-state index in [0.717, 1.165) is 18.4 Å². The number of ketones is 1. The highest BCUT2D eigenvalue weighted by Gasteiger charge is 2.33. The largest absolute Gasteiger partial charge is 0.294 e. The monoisotopic (exact) mass is 206 g/mol. The van der Waals surface area contributed by atoms with E-state index in [4.69, 9.17) is 0 Å². The minimum Gasteiger partial charge on any atom is -0.294 e. The molecule has 0 bridgehead atoms. The summed E-state index contributed by atoms with van der Waals surface area (Å²) in [5.41, 5.74) is 1.15. The number of carbonyl (C=O) groups is 1. The van der Waals surface area contributed by atoms with Gasteiger partial charge in [-0.25, -0.2) is 0 Å². The maximum Gasteiger partial charge on any atom is 0.161 e. The average Bonchev–Trinajstić information content (AvgIpc) is 2.98. The molecule has 0 radical (unpaired) electrons. The maximum atomic E-state index is 12.2. The van der Waals surface area contributed by atoms with E-state index < -0.39 is 0 Å². The Morgan fingerprint density at radius 3 is 2.73 bits per heavy atom. The van der Waals surface area contributed by atoms with Crippen LogP contribution < -0.4 is 0 Å². The fourth-order valence-electron chi connectivity index (χ4n) is 2.52. The minimum atomic E-state index is 0.302. The first-order valence-electron chi connectivity index (χ1n) is 6.52. The lowest BCUT2D eigenvalue weighted by Gasteiger charge is -2.14. The van der Waals surface area contributed by atoms with E-state index in [2.05, 4.69) is 13.0 Å². The van der Waals surface area contributed by atoms with Gasteiger partial charge in [0.05, 0.1) is 0 Å². The van der Waals surface area contributed by atoms with Gasteiger partial charge in [-0.05, 0) is 50.0 Å². The van der Waals surface area contributed by atoms with Crippen LogP contribution in [-0.4, -0.2) is 5.78 Å². The predicted octanol–water partition coefficient (Wildman–Crippen LogP) is 3.88. The lowest BCUT2D eigenvalue weighted by molar-refractivity contribution is -0.119. The van der Waals surface area contributed by atoms with Crippen molar-refractivity contribution in [1.82, 2.24) is 0 Å². The molecule has 0 aromatic rings. The molecule has 0 aromatic carbocycles. The second-order valence-corrected chi connectivity index (χ2v) is 5.17. The average molecular weight is 206 g/mol. The second kappa shape index (κ2) is 4.96. The molecule has 0 saturated heterocycles. The van der Waals surface area contributed by atoms with Crippen LogP contribution in [0.15, 0.2) is 11.6 Å². The third-order valence-electron chi connectivity index (χ3n) is 3.85. The Hall–Kier alpha value is -0.590. The van der Waals surface area contributed by atoms with Crippen LogP contribution in [0.4, 0.5) is 0 Å². The van der Waals surface area contributed by atoms with Crippen LogP contribution in [0.5, 0.6) is 0 Å². The highest BCUT2D eigenvalue weighted by Crippen LogP contribution is 2.38. The second-order valence-electron chi connectivity index (χ2n) is 5.17. The van der Waals surface area contributed by atoms with Crippen molar-refractivity contribution in [3.8, 4) is 0 Å². The molecule has 0 amide bonds. The van der Waals surface area contributed by atoms with E-state index >= 15 is 0 Å². The molecule has 15 heavy (non-hydrogen) atoms. The molecule has 2 rings (SSSR count). The summed E-state index contributed by atoms with van der Waals surface area (Å²) in [6, 6.07) is 0. The summed E-state index contributed by atoms with van der Waals surface area (Å²) >= 11 is 0. The lowest BCUT2D eigenvalue weighted by Crippen LogP contribution is -2.16. The minimum absolute atomic E-state index is 0.302. The highest BCUT2D eigenvalue weighted by atomic mass is 16.1. The quantitative estimate of drug-likeness (QED) is 0.685. The van der Waals surface area contributed by atoms with Crippen molar-refractivity contribution in [3.05, 3.63) is 11.6 Å². The zero-order chi connectivity index (χ0) is 10.7. The van der Waals surface area contributed by atoms with Gasteiger partial charge in [0.15, 0.2) is 5.78 Å². The SMILES string of the molecule is CC(C(=O)/C1=C/CCCCCC1)C1CC1. The van der Waals surface area contributed by atoms with Crippen molar-refractivity contribution >= 4 is 5.78 Å². The molecule has 0 aromatic heterocycles. The van der Waals surface area contributed by atoms with Crippen LogP contribution in [0.25, 0.3) is 0 Å². The van der Waals surface area contributed by atoms with Gasteiger partial charge in [0.2, 0.25) is 0 Å². The van der Waals surface area contributed by atoms with Gasteiger partial charge in [-0.3, -0.25) is 4.79 Å². The number of carbonyl (C=O) groups excluding carboxylic acids is 1. The standard InChI is InChI=1S/C14H22O/c1-11(12-9-10-12)14(15)13-7-5-3-2-4-6-8-13/h7,11-12H,2-6,8-10H2,1H3/b13-7+. The summed E-state index contributed by atoms with van der Waals surface area (Å²) in [4.78, 5) is 12.2. The summed E-state index contributed by atoms with van der Waals surface area (Å²) in [5.74, 6) is 1.47. The van der Waals surface area contributed by atoms with E-state index in [9.17, 15) is 4.79 Å². The van der Waals surface area contributed by atoms with Crippen molar-refractivity contribution in [1.29, 1.82) is 0 Å². The molecular weight excluding hydrogens is 184 g/mol. The Kier molecular flexibility index (Phi) is 3.61. The normalized spacial score (nSPS) is 28.5. The molecule has 0 aliphatic heterocycles. The smallest absolute Gasteiger partial charge is 0.161 e. The van der Waals surface area contributed by atoms with Crippen molar-refractivity contribution in [3.63, 3.8) is 0 Å². The van der Waals surface area contributed by atoms with Crippen molar-refractivity contribution < 1.29 is 4.79 Å². The molecule has 2 aliphatic rings. The topological polar surface area (TPSA) is 17.1 Å². The van der Waals surface area contributed by atoms with Gasteiger partial charge in [0, 0.05) is 5.92 Å². The number of rotatable bonds is 3. The molecule has 2 aliphatic carbocycles. The van der Waals surface area contributed by atoms with Crippen molar-refractivity contribution in [2.24, 2.45) is 11.8 Å². The molecule has 1 unspecified atom stereocenters. The Bertz CT molecular complexity index is 261. The number of hydrogen-bond donors (Lipinski definition) is 0. The van der Waals surface area contributed by atoms with E-state index in [1.807, 2.05) is 0 Å². The van der Waals surface area contributed by atoms with E-state index in [1.165, 1.54) is 38.5 Å². The third kappa shape index (κ3) is 2.93. The van der Waals surface area contributed by atoms with Gasteiger partial charge in [-0.2, -0.15) is 0 Å².